The summed E-state index contributed by atoms with van der Waals surface area (Å²) in [6.07, 6.45) is 5.25. The zero-order chi connectivity index (χ0) is 25.4. The van der Waals surface area contributed by atoms with E-state index in [9.17, 15) is 14.4 Å². The van der Waals surface area contributed by atoms with Crippen molar-refractivity contribution >= 4 is 23.5 Å². The van der Waals surface area contributed by atoms with Gasteiger partial charge < -0.3 is 30.6 Å². The number of piperidine rings is 1. The summed E-state index contributed by atoms with van der Waals surface area (Å²) in [5.74, 6) is -0.161. The monoisotopic (exact) mass is 500 g/mol. The SMILES string of the molecule is C.CC1CCCN(C(=O)Cn2cnc(NC(=O)[C@@H](COCc3ccccc3)NC(=O)C(C)(C)N)c2)C1. The quantitative estimate of drug-likeness (QED) is 0.458. The minimum Gasteiger partial charge on any atom is -0.374 e. The summed E-state index contributed by atoms with van der Waals surface area (Å²) in [5, 5.41) is 5.35. The average Bonchev–Trinajstić information content (AvgIpc) is 3.24. The molecule has 2 atom stereocenters. The molecule has 3 rings (SSSR count). The maximum atomic E-state index is 13.0. The van der Waals surface area contributed by atoms with Crippen molar-refractivity contribution < 1.29 is 19.1 Å². The Bertz CT molecular complexity index is 1000. The maximum Gasteiger partial charge on any atom is 0.250 e. The standard InChI is InChI=1S/C25H36N6O4.CH4/c1-18-8-7-11-31(12-18)22(32)14-30-13-21(27-17-30)29-23(33)20(28-24(34)25(2,3)26)16-35-15-19-9-5-4-6-10-19;/h4-6,9-10,13,17-18,20H,7-8,11-12,14-16,26H2,1-3H3,(H,28,34)(H,29,33);1H4/t18?,20-;/m1./s1. The van der Waals surface area contributed by atoms with Gasteiger partial charge in [-0.15, -0.1) is 0 Å². The number of ether oxygens (including phenoxy) is 1. The van der Waals surface area contributed by atoms with Crippen LogP contribution in [0.2, 0.25) is 0 Å². The molecular formula is C26H40N6O4. The van der Waals surface area contributed by atoms with Crippen molar-refractivity contribution in [3.63, 3.8) is 0 Å². The van der Waals surface area contributed by atoms with Gasteiger partial charge >= 0.3 is 0 Å². The van der Waals surface area contributed by atoms with E-state index in [1.165, 1.54) is 6.33 Å². The molecule has 198 valence electrons. The second-order valence-electron chi connectivity index (χ2n) is 9.76. The molecule has 1 aliphatic heterocycles. The molecule has 2 aromatic rings. The number of imidazole rings is 1. The zero-order valence-corrected chi connectivity index (χ0v) is 20.7. The number of amides is 3. The van der Waals surface area contributed by atoms with E-state index in [0.29, 0.717) is 12.5 Å². The summed E-state index contributed by atoms with van der Waals surface area (Å²) in [5.41, 5.74) is 5.67. The Hall–Kier alpha value is -3.24. The van der Waals surface area contributed by atoms with Crippen LogP contribution in [0.15, 0.2) is 42.9 Å². The third-order valence-corrected chi connectivity index (χ3v) is 5.82. The van der Waals surface area contributed by atoms with Crippen LogP contribution in [-0.2, 0) is 32.3 Å². The number of benzene rings is 1. The summed E-state index contributed by atoms with van der Waals surface area (Å²) >= 11 is 0. The van der Waals surface area contributed by atoms with Gasteiger partial charge in [0, 0.05) is 19.3 Å². The normalized spacial score (nSPS) is 16.6. The highest BCUT2D eigenvalue weighted by atomic mass is 16.5. The Labute approximate surface area is 213 Å². The number of aromatic nitrogens is 2. The van der Waals surface area contributed by atoms with Gasteiger partial charge in [-0.3, -0.25) is 14.4 Å². The maximum absolute atomic E-state index is 13.0. The fraction of sp³-hybridized carbons (Fsp3) is 0.538. The molecule has 0 aliphatic carbocycles. The lowest BCUT2D eigenvalue weighted by Crippen LogP contribution is -2.56. The highest BCUT2D eigenvalue weighted by Crippen LogP contribution is 2.16. The van der Waals surface area contributed by atoms with Crippen molar-refractivity contribution in [1.29, 1.82) is 0 Å². The third-order valence-electron chi connectivity index (χ3n) is 5.82. The number of nitrogens with two attached hydrogens (primary N) is 1. The Morgan fingerprint density at radius 3 is 2.64 bits per heavy atom. The summed E-state index contributed by atoms with van der Waals surface area (Å²) in [7, 11) is 0. The number of rotatable bonds is 10. The van der Waals surface area contributed by atoms with Crippen molar-refractivity contribution in [3.8, 4) is 0 Å². The van der Waals surface area contributed by atoms with E-state index >= 15 is 0 Å². The molecule has 0 spiro atoms. The Balaban J connectivity index is 0.00000456. The van der Waals surface area contributed by atoms with Crippen LogP contribution in [0.3, 0.4) is 0 Å². The minimum absolute atomic E-state index is 0. The van der Waals surface area contributed by atoms with Crippen LogP contribution >= 0.6 is 0 Å². The fourth-order valence-electron chi connectivity index (χ4n) is 3.79. The summed E-state index contributed by atoms with van der Waals surface area (Å²) in [4.78, 5) is 44.1. The summed E-state index contributed by atoms with van der Waals surface area (Å²) in [6, 6.07) is 8.55. The first-order chi connectivity index (χ1) is 16.6. The molecular weight excluding hydrogens is 460 g/mol. The second-order valence-corrected chi connectivity index (χ2v) is 9.76. The van der Waals surface area contributed by atoms with Gasteiger partial charge in [0.1, 0.15) is 12.6 Å². The largest absolute Gasteiger partial charge is 0.374 e. The van der Waals surface area contributed by atoms with E-state index in [-0.39, 0.29) is 32.3 Å². The molecule has 4 N–H and O–H groups in total. The van der Waals surface area contributed by atoms with Crippen LogP contribution in [0.5, 0.6) is 0 Å². The molecule has 0 radical (unpaired) electrons. The highest BCUT2D eigenvalue weighted by molar-refractivity contribution is 5.98. The lowest BCUT2D eigenvalue weighted by atomic mass is 10.0. The molecule has 0 saturated carbocycles. The molecule has 1 aromatic carbocycles. The number of anilines is 1. The smallest absolute Gasteiger partial charge is 0.250 e. The van der Waals surface area contributed by atoms with Gasteiger partial charge in [0.2, 0.25) is 11.8 Å². The van der Waals surface area contributed by atoms with Crippen molar-refractivity contribution in [1.82, 2.24) is 19.8 Å². The van der Waals surface area contributed by atoms with Crippen molar-refractivity contribution in [2.24, 2.45) is 11.7 Å². The molecule has 1 saturated heterocycles. The Morgan fingerprint density at radius 1 is 1.25 bits per heavy atom. The third kappa shape index (κ3) is 8.76. The molecule has 10 nitrogen and oxygen atoms in total. The number of nitrogens with zero attached hydrogens (tertiary/aromatic N) is 3. The number of hydrogen-bond acceptors (Lipinski definition) is 6. The van der Waals surface area contributed by atoms with Gasteiger partial charge in [-0.25, -0.2) is 4.98 Å². The van der Waals surface area contributed by atoms with Crippen LogP contribution < -0.4 is 16.4 Å². The first-order valence-electron chi connectivity index (χ1n) is 11.9. The Kier molecular flexibility index (Phi) is 10.6. The van der Waals surface area contributed by atoms with Crippen LogP contribution in [0.1, 0.15) is 46.6 Å². The summed E-state index contributed by atoms with van der Waals surface area (Å²) in [6.45, 7) is 7.19. The van der Waals surface area contributed by atoms with Gasteiger partial charge in [0.05, 0.1) is 25.1 Å². The van der Waals surface area contributed by atoms with E-state index in [2.05, 4.69) is 22.5 Å². The molecule has 36 heavy (non-hydrogen) atoms. The molecule has 3 amide bonds. The fourth-order valence-corrected chi connectivity index (χ4v) is 3.79. The predicted molar refractivity (Wildman–Crippen MR) is 139 cm³/mol. The first kappa shape index (κ1) is 29.0. The molecule has 1 fully saturated rings. The van der Waals surface area contributed by atoms with E-state index in [1.807, 2.05) is 35.2 Å². The predicted octanol–water partition coefficient (Wildman–Crippen LogP) is 2.16. The second kappa shape index (κ2) is 13.2. The van der Waals surface area contributed by atoms with Gasteiger partial charge in [-0.05, 0) is 38.2 Å². The van der Waals surface area contributed by atoms with E-state index in [4.69, 9.17) is 10.5 Å². The van der Waals surface area contributed by atoms with Crippen LogP contribution in [0.25, 0.3) is 0 Å². The van der Waals surface area contributed by atoms with Crippen LogP contribution in [-0.4, -0.2) is 63.4 Å². The number of nitrogens with one attached hydrogen (secondary N) is 2. The first-order valence-corrected chi connectivity index (χ1v) is 11.9. The molecule has 2 heterocycles. The molecule has 1 unspecified atom stereocenters. The Morgan fingerprint density at radius 2 is 1.97 bits per heavy atom. The molecule has 1 aromatic heterocycles. The van der Waals surface area contributed by atoms with Gasteiger partial charge in [0.25, 0.3) is 5.91 Å². The van der Waals surface area contributed by atoms with E-state index in [0.717, 1.165) is 31.5 Å². The minimum atomic E-state index is -1.16. The number of likely N-dealkylation sites (tertiary alicyclic amines) is 1. The topological polar surface area (TPSA) is 132 Å². The van der Waals surface area contributed by atoms with Crippen molar-refractivity contribution in [3.05, 3.63) is 48.4 Å². The lowest BCUT2D eigenvalue weighted by Gasteiger charge is -2.31. The number of hydrogen-bond donors (Lipinski definition) is 3. The van der Waals surface area contributed by atoms with E-state index < -0.39 is 23.4 Å². The van der Waals surface area contributed by atoms with Gasteiger partial charge in [0.15, 0.2) is 5.82 Å². The molecule has 10 heteroatoms. The number of carbonyl (C=O) groups excluding carboxylic acids is 3. The van der Waals surface area contributed by atoms with Crippen LogP contribution in [0, 0.1) is 5.92 Å². The van der Waals surface area contributed by atoms with E-state index in [1.54, 1.807) is 24.6 Å². The summed E-state index contributed by atoms with van der Waals surface area (Å²) < 4.78 is 7.33. The van der Waals surface area contributed by atoms with Gasteiger partial charge in [-0.1, -0.05) is 44.7 Å². The molecule has 1 aliphatic rings. The average molecular weight is 501 g/mol. The zero-order valence-electron chi connectivity index (χ0n) is 20.7. The highest BCUT2D eigenvalue weighted by Gasteiger charge is 2.29. The molecule has 0 bridgehead atoms. The van der Waals surface area contributed by atoms with Gasteiger partial charge in [-0.2, -0.15) is 0 Å². The van der Waals surface area contributed by atoms with Crippen molar-refractivity contribution in [2.75, 3.05) is 25.0 Å². The van der Waals surface area contributed by atoms with Crippen LogP contribution in [0.4, 0.5) is 5.82 Å². The lowest BCUT2D eigenvalue weighted by molar-refractivity contribution is -0.133. The van der Waals surface area contributed by atoms with Crippen molar-refractivity contribution in [2.45, 2.75) is 65.8 Å². The number of carbonyl (C=O) groups is 3.